The number of hydrogen-bond donors (Lipinski definition) is 2. The number of aromatic nitrogens is 3. The number of aryl methyl sites for hydroxylation is 1. The zero-order chi connectivity index (χ0) is 12.2. The average Bonchev–Trinajstić information content (AvgIpc) is 2.48. The first-order valence-corrected chi connectivity index (χ1v) is 5.29. The maximum absolute atomic E-state index is 5.73. The highest BCUT2D eigenvalue weighted by Gasteiger charge is 2.09. The van der Waals surface area contributed by atoms with Gasteiger partial charge in [-0.05, 0) is 20.8 Å². The Bertz CT molecular complexity index is 360. The first-order valence-electron chi connectivity index (χ1n) is 5.29. The molecule has 0 saturated heterocycles. The third-order valence-electron chi connectivity index (χ3n) is 1.93. The summed E-state index contributed by atoms with van der Waals surface area (Å²) in [7, 11) is 1.91. The van der Waals surface area contributed by atoms with Gasteiger partial charge in [-0.25, -0.2) is 0 Å². The zero-order valence-corrected chi connectivity index (χ0v) is 10.4. The second kappa shape index (κ2) is 4.96. The van der Waals surface area contributed by atoms with E-state index in [2.05, 4.69) is 20.5 Å². The van der Waals surface area contributed by atoms with E-state index in [0.717, 1.165) is 12.2 Å². The molecule has 0 aliphatic heterocycles. The fourth-order valence-corrected chi connectivity index (χ4v) is 1.23. The first-order chi connectivity index (χ1) is 7.38. The molecular weight excluding hydrogens is 204 g/mol. The van der Waals surface area contributed by atoms with Crippen molar-refractivity contribution in [3.8, 4) is 0 Å². The number of rotatable bonds is 3. The molecule has 0 aliphatic rings. The highest BCUT2D eigenvalue weighted by molar-refractivity contribution is 5.78. The fourth-order valence-electron chi connectivity index (χ4n) is 1.23. The van der Waals surface area contributed by atoms with Crippen molar-refractivity contribution in [1.82, 2.24) is 20.1 Å². The third kappa shape index (κ3) is 4.29. The van der Waals surface area contributed by atoms with Crippen LogP contribution in [0.1, 0.15) is 26.6 Å². The van der Waals surface area contributed by atoms with E-state index in [1.54, 1.807) is 6.33 Å². The number of guanidine groups is 1. The summed E-state index contributed by atoms with van der Waals surface area (Å²) < 4.78 is 1.88. The van der Waals surface area contributed by atoms with Crippen LogP contribution in [0.25, 0.3) is 0 Å². The van der Waals surface area contributed by atoms with Crippen molar-refractivity contribution >= 4 is 5.96 Å². The highest BCUT2D eigenvalue weighted by atomic mass is 15.2. The third-order valence-corrected chi connectivity index (χ3v) is 1.93. The fraction of sp³-hybridized carbons (Fsp3) is 0.700. The maximum Gasteiger partial charge on any atom is 0.188 e. The molecule has 0 amide bonds. The summed E-state index contributed by atoms with van der Waals surface area (Å²) in [5.74, 6) is 1.38. The molecule has 1 aromatic rings. The largest absolute Gasteiger partial charge is 0.370 e. The van der Waals surface area contributed by atoms with Crippen LogP contribution in [0.4, 0.5) is 0 Å². The summed E-state index contributed by atoms with van der Waals surface area (Å²) in [6.07, 6.45) is 2.42. The maximum atomic E-state index is 5.73. The van der Waals surface area contributed by atoms with Crippen molar-refractivity contribution in [2.45, 2.75) is 32.7 Å². The van der Waals surface area contributed by atoms with Gasteiger partial charge in [0.15, 0.2) is 5.96 Å². The van der Waals surface area contributed by atoms with Gasteiger partial charge in [0.05, 0.1) is 0 Å². The molecule has 0 unspecified atom stereocenters. The van der Waals surface area contributed by atoms with Crippen LogP contribution in [-0.2, 0) is 13.5 Å². The molecular formula is C10H20N6. The van der Waals surface area contributed by atoms with E-state index in [0.29, 0.717) is 12.5 Å². The van der Waals surface area contributed by atoms with Crippen LogP contribution in [-0.4, -0.2) is 32.8 Å². The lowest BCUT2D eigenvalue weighted by atomic mass is 10.1. The second-order valence-corrected chi connectivity index (χ2v) is 4.75. The number of nitrogens with two attached hydrogens (primary N) is 1. The Balaban J connectivity index is 2.40. The summed E-state index contributed by atoms with van der Waals surface area (Å²) in [6, 6.07) is 0. The standard InChI is InChI=1S/C10H20N6/c1-10(2,3)14-9(11)12-6-5-8-15-13-7-16(8)4/h7H,5-6H2,1-4H3,(H3,11,12,14). The molecule has 0 radical (unpaired) electrons. The Hall–Kier alpha value is -1.59. The van der Waals surface area contributed by atoms with Crippen molar-refractivity contribution < 1.29 is 0 Å². The van der Waals surface area contributed by atoms with Crippen LogP contribution in [0.5, 0.6) is 0 Å². The monoisotopic (exact) mass is 224 g/mol. The molecule has 3 N–H and O–H groups in total. The summed E-state index contributed by atoms with van der Waals surface area (Å²) >= 11 is 0. The smallest absolute Gasteiger partial charge is 0.188 e. The molecule has 90 valence electrons. The molecule has 1 heterocycles. The van der Waals surface area contributed by atoms with E-state index in [-0.39, 0.29) is 5.54 Å². The van der Waals surface area contributed by atoms with E-state index in [1.807, 2.05) is 32.4 Å². The summed E-state index contributed by atoms with van der Waals surface area (Å²) in [6.45, 7) is 6.73. The molecule has 0 spiro atoms. The van der Waals surface area contributed by atoms with Crippen LogP contribution in [0.2, 0.25) is 0 Å². The van der Waals surface area contributed by atoms with Crippen LogP contribution in [0.15, 0.2) is 11.3 Å². The van der Waals surface area contributed by atoms with Gasteiger partial charge in [0.2, 0.25) is 0 Å². The predicted molar refractivity (Wildman–Crippen MR) is 64.1 cm³/mol. The Morgan fingerprint density at radius 1 is 1.56 bits per heavy atom. The van der Waals surface area contributed by atoms with Crippen LogP contribution >= 0.6 is 0 Å². The average molecular weight is 224 g/mol. The SMILES string of the molecule is Cn1cnnc1CCN=C(N)NC(C)(C)C. The van der Waals surface area contributed by atoms with Gasteiger partial charge in [0.1, 0.15) is 12.2 Å². The number of nitrogens with one attached hydrogen (secondary N) is 1. The van der Waals surface area contributed by atoms with Crippen molar-refractivity contribution in [2.24, 2.45) is 17.8 Å². The first kappa shape index (κ1) is 12.5. The van der Waals surface area contributed by atoms with E-state index in [4.69, 9.17) is 5.73 Å². The van der Waals surface area contributed by atoms with Crippen molar-refractivity contribution in [3.05, 3.63) is 12.2 Å². The molecule has 0 aromatic carbocycles. The number of hydrogen-bond acceptors (Lipinski definition) is 3. The Labute approximate surface area is 96.0 Å². The van der Waals surface area contributed by atoms with Gasteiger partial charge in [0, 0.05) is 25.6 Å². The molecule has 0 aliphatic carbocycles. The van der Waals surface area contributed by atoms with Crippen molar-refractivity contribution in [2.75, 3.05) is 6.54 Å². The number of aliphatic imine (C=N–C) groups is 1. The molecule has 0 bridgehead atoms. The van der Waals surface area contributed by atoms with Crippen LogP contribution in [0.3, 0.4) is 0 Å². The van der Waals surface area contributed by atoms with Gasteiger partial charge in [-0.15, -0.1) is 10.2 Å². The minimum absolute atomic E-state index is 0.0572. The highest BCUT2D eigenvalue weighted by Crippen LogP contribution is 1.97. The minimum atomic E-state index is -0.0572. The molecule has 1 rings (SSSR count). The van der Waals surface area contributed by atoms with Crippen LogP contribution < -0.4 is 11.1 Å². The van der Waals surface area contributed by atoms with Crippen molar-refractivity contribution in [3.63, 3.8) is 0 Å². The molecule has 1 aromatic heterocycles. The normalized spacial score (nSPS) is 12.9. The van der Waals surface area contributed by atoms with E-state index in [1.165, 1.54) is 0 Å². The molecule has 0 atom stereocenters. The minimum Gasteiger partial charge on any atom is -0.370 e. The Morgan fingerprint density at radius 3 is 2.75 bits per heavy atom. The topological polar surface area (TPSA) is 81.1 Å². The molecule has 6 heteroatoms. The lowest BCUT2D eigenvalue weighted by Gasteiger charge is -2.20. The predicted octanol–water partition coefficient (Wildman–Crippen LogP) is 0.0604. The summed E-state index contributed by atoms with van der Waals surface area (Å²) in [5.41, 5.74) is 5.68. The zero-order valence-electron chi connectivity index (χ0n) is 10.4. The Morgan fingerprint density at radius 2 is 2.25 bits per heavy atom. The molecule has 6 nitrogen and oxygen atoms in total. The lowest BCUT2D eigenvalue weighted by molar-refractivity contribution is 0.508. The number of nitrogens with zero attached hydrogens (tertiary/aromatic N) is 4. The van der Waals surface area contributed by atoms with Gasteiger partial charge in [-0.2, -0.15) is 0 Å². The lowest BCUT2D eigenvalue weighted by Crippen LogP contribution is -2.45. The molecule has 0 saturated carbocycles. The van der Waals surface area contributed by atoms with Gasteiger partial charge in [0.25, 0.3) is 0 Å². The van der Waals surface area contributed by atoms with Gasteiger partial charge >= 0.3 is 0 Å². The van der Waals surface area contributed by atoms with Gasteiger partial charge in [-0.3, -0.25) is 4.99 Å². The van der Waals surface area contributed by atoms with E-state index >= 15 is 0 Å². The van der Waals surface area contributed by atoms with Gasteiger partial charge in [-0.1, -0.05) is 0 Å². The van der Waals surface area contributed by atoms with E-state index in [9.17, 15) is 0 Å². The summed E-state index contributed by atoms with van der Waals surface area (Å²) in [5, 5.41) is 10.9. The summed E-state index contributed by atoms with van der Waals surface area (Å²) in [4.78, 5) is 4.23. The quantitative estimate of drug-likeness (QED) is 0.562. The van der Waals surface area contributed by atoms with Gasteiger partial charge < -0.3 is 15.6 Å². The van der Waals surface area contributed by atoms with Crippen molar-refractivity contribution in [1.29, 1.82) is 0 Å². The molecule has 16 heavy (non-hydrogen) atoms. The Kier molecular flexibility index (Phi) is 3.87. The van der Waals surface area contributed by atoms with Crippen LogP contribution in [0, 0.1) is 0 Å². The second-order valence-electron chi connectivity index (χ2n) is 4.75. The van der Waals surface area contributed by atoms with E-state index < -0.39 is 0 Å². The molecule has 0 fully saturated rings.